The van der Waals surface area contributed by atoms with Crippen LogP contribution in [0.1, 0.15) is 32.8 Å². The number of aryl methyl sites for hydroxylation is 1. The summed E-state index contributed by atoms with van der Waals surface area (Å²) in [5, 5.41) is 0.929. The summed E-state index contributed by atoms with van der Waals surface area (Å²) in [5.74, 6) is -0.998. The van der Waals surface area contributed by atoms with E-state index in [0.29, 0.717) is 27.2 Å². The monoisotopic (exact) mass is 496 g/mol. The summed E-state index contributed by atoms with van der Waals surface area (Å²) < 4.78 is 6.03. The van der Waals surface area contributed by atoms with E-state index in [1.165, 1.54) is 4.90 Å². The summed E-state index contributed by atoms with van der Waals surface area (Å²) in [6.07, 6.45) is 1.55. The Morgan fingerprint density at radius 1 is 1.03 bits per heavy atom. The van der Waals surface area contributed by atoms with Gasteiger partial charge in [-0.1, -0.05) is 59.6 Å². The molecule has 0 radical (unpaired) electrons. The Kier molecular flexibility index (Phi) is 4.92. The Balaban J connectivity index is 1.66. The molecule has 0 N–H and O–H groups in total. The average Bonchev–Trinajstić information content (AvgIpc) is 3.26. The fourth-order valence-corrected chi connectivity index (χ4v) is 5.54. The minimum atomic E-state index is -1.65. The topological polar surface area (TPSA) is 70.8 Å². The van der Waals surface area contributed by atoms with E-state index in [4.69, 9.17) is 16.0 Å². The van der Waals surface area contributed by atoms with Crippen LogP contribution in [0.4, 0.5) is 5.69 Å². The third-order valence-corrected chi connectivity index (χ3v) is 7.21. The van der Waals surface area contributed by atoms with E-state index in [-0.39, 0.29) is 35.7 Å². The second-order valence-electron chi connectivity index (χ2n) is 9.08. The molecule has 3 heterocycles. The van der Waals surface area contributed by atoms with Crippen LogP contribution in [0.5, 0.6) is 0 Å². The van der Waals surface area contributed by atoms with Crippen molar-refractivity contribution in [1.82, 2.24) is 4.90 Å². The second-order valence-corrected chi connectivity index (χ2v) is 9.52. The lowest BCUT2D eigenvalue weighted by Crippen LogP contribution is -2.53. The van der Waals surface area contributed by atoms with E-state index in [9.17, 15) is 14.4 Å². The molecule has 4 aromatic rings. The highest BCUT2D eigenvalue weighted by Gasteiger charge is 2.64. The SMILES string of the molecule is C=CCN1C(=O)c2oc3ccc(C)cc3c(=O)c2C12C(=O)N(Cc1ccc(Cl)cc1)c1ccccc12. The molecule has 1 aromatic heterocycles. The van der Waals surface area contributed by atoms with Crippen molar-refractivity contribution < 1.29 is 14.0 Å². The summed E-state index contributed by atoms with van der Waals surface area (Å²) in [6.45, 7) is 5.99. The van der Waals surface area contributed by atoms with Gasteiger partial charge in [0.05, 0.1) is 23.2 Å². The van der Waals surface area contributed by atoms with Crippen LogP contribution in [-0.4, -0.2) is 23.3 Å². The van der Waals surface area contributed by atoms with Gasteiger partial charge in [0, 0.05) is 17.1 Å². The minimum absolute atomic E-state index is 0.0588. The molecule has 1 unspecified atom stereocenters. The smallest absolute Gasteiger partial charge is 0.291 e. The van der Waals surface area contributed by atoms with E-state index in [1.54, 1.807) is 47.4 Å². The highest BCUT2D eigenvalue weighted by molar-refractivity contribution is 6.30. The van der Waals surface area contributed by atoms with Crippen LogP contribution >= 0.6 is 11.6 Å². The van der Waals surface area contributed by atoms with Crippen molar-refractivity contribution in [2.75, 3.05) is 11.4 Å². The highest BCUT2D eigenvalue weighted by Crippen LogP contribution is 2.52. The van der Waals surface area contributed by atoms with E-state index >= 15 is 0 Å². The first-order chi connectivity index (χ1) is 17.4. The quantitative estimate of drug-likeness (QED) is 0.365. The van der Waals surface area contributed by atoms with Crippen molar-refractivity contribution in [3.8, 4) is 0 Å². The fourth-order valence-electron chi connectivity index (χ4n) is 5.41. The summed E-state index contributed by atoms with van der Waals surface area (Å²) >= 11 is 6.06. The zero-order valence-electron chi connectivity index (χ0n) is 19.5. The fraction of sp³-hybridized carbons (Fsp3) is 0.138. The third-order valence-electron chi connectivity index (χ3n) is 6.96. The molecular formula is C29H21ClN2O4. The molecule has 178 valence electrons. The number of hydrogen-bond acceptors (Lipinski definition) is 4. The minimum Gasteiger partial charge on any atom is -0.450 e. The zero-order valence-corrected chi connectivity index (χ0v) is 20.2. The Morgan fingerprint density at radius 3 is 2.53 bits per heavy atom. The molecule has 36 heavy (non-hydrogen) atoms. The molecule has 1 spiro atoms. The van der Waals surface area contributed by atoms with Gasteiger partial charge in [0.1, 0.15) is 5.58 Å². The third kappa shape index (κ3) is 2.88. The van der Waals surface area contributed by atoms with Gasteiger partial charge >= 0.3 is 0 Å². The van der Waals surface area contributed by atoms with Crippen LogP contribution in [0.3, 0.4) is 0 Å². The molecule has 0 aliphatic carbocycles. The van der Waals surface area contributed by atoms with Crippen molar-refractivity contribution in [2.24, 2.45) is 0 Å². The summed E-state index contributed by atoms with van der Waals surface area (Å²) in [6, 6.07) is 19.7. The van der Waals surface area contributed by atoms with Gasteiger partial charge in [0.25, 0.3) is 11.8 Å². The maximum Gasteiger partial charge on any atom is 0.291 e. The van der Waals surface area contributed by atoms with Crippen molar-refractivity contribution in [3.05, 3.63) is 123 Å². The maximum atomic E-state index is 14.5. The van der Waals surface area contributed by atoms with Crippen molar-refractivity contribution >= 4 is 40.1 Å². The Labute approximate surface area is 212 Å². The largest absolute Gasteiger partial charge is 0.450 e. The van der Waals surface area contributed by atoms with E-state index in [0.717, 1.165) is 11.1 Å². The average molecular weight is 497 g/mol. The molecular weight excluding hydrogens is 476 g/mol. The standard InChI is InChI=1S/C29H21ClN2O4/c1-3-14-32-27(34)26-24(25(33)20-15-17(2)8-13-23(20)36-26)29(32)21-6-4-5-7-22(21)31(28(29)35)16-18-9-11-19(30)12-10-18/h3-13,15H,1,14,16H2,2H3. The van der Waals surface area contributed by atoms with Crippen molar-refractivity contribution in [3.63, 3.8) is 0 Å². The normalized spacial score (nSPS) is 18.3. The van der Waals surface area contributed by atoms with E-state index in [2.05, 4.69) is 6.58 Å². The summed E-state index contributed by atoms with van der Waals surface area (Å²) in [7, 11) is 0. The number of fused-ring (bicyclic) bond motifs is 5. The van der Waals surface area contributed by atoms with Crippen LogP contribution in [0.15, 0.2) is 88.6 Å². The van der Waals surface area contributed by atoms with Gasteiger partial charge in [-0.25, -0.2) is 0 Å². The lowest BCUT2D eigenvalue weighted by atomic mass is 9.84. The molecule has 6 nitrogen and oxygen atoms in total. The van der Waals surface area contributed by atoms with Gasteiger partial charge < -0.3 is 14.2 Å². The summed E-state index contributed by atoms with van der Waals surface area (Å²) in [5.41, 5.74) is 1.27. The molecule has 3 aromatic carbocycles. The first-order valence-corrected chi connectivity index (χ1v) is 11.9. The molecule has 0 fully saturated rings. The second kappa shape index (κ2) is 7.93. The molecule has 6 rings (SSSR count). The molecule has 1 atom stereocenters. The van der Waals surface area contributed by atoms with Gasteiger partial charge in [-0.15, -0.1) is 6.58 Å². The van der Waals surface area contributed by atoms with E-state index in [1.807, 2.05) is 37.3 Å². The first-order valence-electron chi connectivity index (χ1n) is 11.5. The molecule has 0 saturated heterocycles. The zero-order chi connectivity index (χ0) is 25.2. The maximum absolute atomic E-state index is 14.5. The molecule has 7 heteroatoms. The van der Waals surface area contributed by atoms with Crippen LogP contribution in [-0.2, 0) is 16.9 Å². The lowest BCUT2D eigenvalue weighted by Gasteiger charge is -2.33. The van der Waals surface area contributed by atoms with Gasteiger partial charge in [0.15, 0.2) is 11.0 Å². The van der Waals surface area contributed by atoms with Crippen LogP contribution in [0.25, 0.3) is 11.0 Å². The van der Waals surface area contributed by atoms with Crippen LogP contribution in [0.2, 0.25) is 5.02 Å². The number of anilines is 1. The number of amides is 2. The molecule has 0 bridgehead atoms. The van der Waals surface area contributed by atoms with Gasteiger partial charge in [-0.05, 0) is 42.8 Å². The predicted molar refractivity (Wildman–Crippen MR) is 138 cm³/mol. The molecule has 2 aliphatic heterocycles. The number of para-hydroxylation sites is 1. The molecule has 2 aliphatic rings. The number of rotatable bonds is 4. The number of carbonyl (C=O) groups is 2. The Bertz CT molecular complexity index is 1660. The first kappa shape index (κ1) is 22.3. The van der Waals surface area contributed by atoms with Crippen molar-refractivity contribution in [2.45, 2.75) is 19.0 Å². The Morgan fingerprint density at radius 2 is 1.78 bits per heavy atom. The van der Waals surface area contributed by atoms with Crippen molar-refractivity contribution in [1.29, 1.82) is 0 Å². The van der Waals surface area contributed by atoms with Gasteiger partial charge in [-0.2, -0.15) is 0 Å². The molecule has 0 saturated carbocycles. The van der Waals surface area contributed by atoms with Gasteiger partial charge in [0.2, 0.25) is 5.76 Å². The summed E-state index contributed by atoms with van der Waals surface area (Å²) in [4.78, 5) is 45.3. The highest BCUT2D eigenvalue weighted by atomic mass is 35.5. The number of benzene rings is 3. The van der Waals surface area contributed by atoms with Crippen LogP contribution < -0.4 is 10.3 Å². The lowest BCUT2D eigenvalue weighted by molar-refractivity contribution is -0.126. The number of nitrogens with zero attached hydrogens (tertiary/aromatic N) is 2. The number of hydrogen-bond donors (Lipinski definition) is 0. The number of carbonyl (C=O) groups excluding carboxylic acids is 2. The Hall–Kier alpha value is -4.16. The van der Waals surface area contributed by atoms with E-state index < -0.39 is 11.4 Å². The molecule has 2 amide bonds. The number of halogens is 1. The van der Waals surface area contributed by atoms with Crippen LogP contribution in [0, 0.1) is 6.92 Å². The predicted octanol–water partition coefficient (Wildman–Crippen LogP) is 5.19. The van der Waals surface area contributed by atoms with Gasteiger partial charge in [-0.3, -0.25) is 14.4 Å².